The van der Waals surface area contributed by atoms with E-state index in [2.05, 4.69) is 85.0 Å². The quantitative estimate of drug-likeness (QED) is 0.530. The third kappa shape index (κ3) is 8.48. The Bertz CT molecular complexity index is 506. The van der Waals surface area contributed by atoms with Crippen LogP contribution in [0.1, 0.15) is 67.7 Å². The van der Waals surface area contributed by atoms with E-state index in [0.29, 0.717) is 6.42 Å². The summed E-state index contributed by atoms with van der Waals surface area (Å²) in [6, 6.07) is -0.562. The summed E-state index contributed by atoms with van der Waals surface area (Å²) in [6.07, 6.45) is 2.48. The van der Waals surface area contributed by atoms with Crippen LogP contribution in [0.4, 0.5) is 0 Å². The monoisotopic (exact) mass is 416 g/mol. The standard InChI is InChI=1S/C20H44N2O3Si2/c1-12-13-14-16(18(24)25-27(10,11)20(5,6)7)22-17(23)15-21-26(8,9)19(2,3)4/h16,21H,12-15H2,1-11H3,(H,22,23). The third-order valence-electron chi connectivity index (χ3n) is 6.19. The van der Waals surface area contributed by atoms with E-state index in [1.54, 1.807) is 0 Å². The van der Waals surface area contributed by atoms with Crippen LogP contribution >= 0.6 is 0 Å². The predicted octanol–water partition coefficient (Wildman–Crippen LogP) is 4.80. The lowest BCUT2D eigenvalue weighted by atomic mass is 10.1. The van der Waals surface area contributed by atoms with Crippen molar-refractivity contribution in [3.05, 3.63) is 0 Å². The largest absolute Gasteiger partial charge is 0.518 e. The molecule has 0 aromatic rings. The van der Waals surface area contributed by atoms with Gasteiger partial charge in [-0.05, 0) is 29.6 Å². The molecule has 0 aromatic heterocycles. The molecular formula is C20H44N2O3Si2. The number of hydrogen-bond donors (Lipinski definition) is 2. The van der Waals surface area contributed by atoms with E-state index in [9.17, 15) is 9.59 Å². The zero-order chi connectivity index (χ0) is 21.7. The molecule has 7 heteroatoms. The van der Waals surface area contributed by atoms with Crippen molar-refractivity contribution in [2.24, 2.45) is 0 Å². The van der Waals surface area contributed by atoms with E-state index < -0.39 is 22.6 Å². The molecule has 0 rings (SSSR count). The van der Waals surface area contributed by atoms with E-state index in [0.717, 1.165) is 12.8 Å². The maximum atomic E-state index is 12.8. The molecule has 0 radical (unpaired) electrons. The van der Waals surface area contributed by atoms with Crippen molar-refractivity contribution in [1.82, 2.24) is 10.3 Å². The van der Waals surface area contributed by atoms with Crippen LogP contribution in [0.25, 0.3) is 0 Å². The minimum Gasteiger partial charge on any atom is -0.518 e. The Labute approximate surface area is 169 Å². The molecule has 5 nitrogen and oxygen atoms in total. The summed E-state index contributed by atoms with van der Waals surface area (Å²) < 4.78 is 5.94. The normalized spacial score (nSPS) is 14.6. The van der Waals surface area contributed by atoms with Gasteiger partial charge in [0.2, 0.25) is 5.91 Å². The van der Waals surface area contributed by atoms with E-state index in [1.807, 2.05) is 0 Å². The molecule has 0 spiro atoms. The molecule has 160 valence electrons. The Balaban J connectivity index is 5.01. The van der Waals surface area contributed by atoms with Crippen LogP contribution in [0, 0.1) is 0 Å². The van der Waals surface area contributed by atoms with Crippen molar-refractivity contribution in [2.75, 3.05) is 6.54 Å². The highest BCUT2D eigenvalue weighted by atomic mass is 28.4. The summed E-state index contributed by atoms with van der Waals surface area (Å²) >= 11 is 0. The average Bonchev–Trinajstić information content (AvgIpc) is 2.46. The van der Waals surface area contributed by atoms with Gasteiger partial charge in [0.25, 0.3) is 8.32 Å². The van der Waals surface area contributed by atoms with Gasteiger partial charge in [0.1, 0.15) is 14.3 Å². The highest BCUT2D eigenvalue weighted by molar-refractivity contribution is 6.78. The zero-order valence-electron chi connectivity index (χ0n) is 19.6. The predicted molar refractivity (Wildman–Crippen MR) is 120 cm³/mol. The lowest BCUT2D eigenvalue weighted by molar-refractivity contribution is -0.140. The maximum absolute atomic E-state index is 12.8. The SMILES string of the molecule is CCCCC(NC(=O)CN[Si](C)(C)C(C)(C)C)C(=O)O[Si](C)(C)C(C)(C)C. The van der Waals surface area contributed by atoms with Gasteiger partial charge in [0, 0.05) is 0 Å². The van der Waals surface area contributed by atoms with Crippen LogP contribution in [0.5, 0.6) is 0 Å². The smallest absolute Gasteiger partial charge is 0.315 e. The molecule has 0 aliphatic heterocycles. The second-order valence-electron chi connectivity index (χ2n) is 10.7. The molecule has 2 N–H and O–H groups in total. The van der Waals surface area contributed by atoms with E-state index >= 15 is 0 Å². The first-order chi connectivity index (χ1) is 11.9. The van der Waals surface area contributed by atoms with Crippen LogP contribution in [0.3, 0.4) is 0 Å². The number of hydrogen-bond acceptors (Lipinski definition) is 4. The molecule has 0 aliphatic carbocycles. The van der Waals surface area contributed by atoms with Crippen molar-refractivity contribution < 1.29 is 14.0 Å². The van der Waals surface area contributed by atoms with Crippen molar-refractivity contribution in [2.45, 2.75) is 110 Å². The molecule has 27 heavy (non-hydrogen) atoms. The molecule has 0 fully saturated rings. The van der Waals surface area contributed by atoms with Crippen molar-refractivity contribution in [1.29, 1.82) is 0 Å². The number of carbonyl (C=O) groups is 2. The van der Waals surface area contributed by atoms with Gasteiger partial charge in [-0.2, -0.15) is 0 Å². The molecule has 0 aromatic carbocycles. The second kappa shape index (κ2) is 9.70. The molecule has 1 amide bonds. The zero-order valence-corrected chi connectivity index (χ0v) is 21.6. The minimum absolute atomic E-state index is 0.0497. The number of unbranched alkanes of at least 4 members (excludes halogenated alkanes) is 1. The van der Waals surface area contributed by atoms with Crippen LogP contribution in [0.2, 0.25) is 36.3 Å². The second-order valence-corrected chi connectivity index (χ2v) is 20.5. The molecule has 0 saturated carbocycles. The number of amides is 1. The summed E-state index contributed by atoms with van der Waals surface area (Å²) in [6.45, 7) is 23.8. The highest BCUT2D eigenvalue weighted by Crippen LogP contribution is 2.37. The summed E-state index contributed by atoms with van der Waals surface area (Å²) in [5, 5.41) is 3.02. The molecule has 0 saturated heterocycles. The first-order valence-electron chi connectivity index (χ1n) is 10.2. The number of nitrogens with one attached hydrogen (secondary N) is 2. The summed E-state index contributed by atoms with van der Waals surface area (Å²) in [7, 11) is -3.96. The van der Waals surface area contributed by atoms with Gasteiger partial charge in [0.05, 0.1) is 6.54 Å². The Morgan fingerprint density at radius 2 is 1.48 bits per heavy atom. The highest BCUT2D eigenvalue weighted by Gasteiger charge is 2.42. The van der Waals surface area contributed by atoms with Crippen molar-refractivity contribution >= 4 is 28.4 Å². The topological polar surface area (TPSA) is 67.4 Å². The minimum atomic E-state index is -2.20. The van der Waals surface area contributed by atoms with E-state index in [-0.39, 0.29) is 28.5 Å². The fraction of sp³-hybridized carbons (Fsp3) is 0.900. The molecular weight excluding hydrogens is 372 g/mol. The summed E-state index contributed by atoms with van der Waals surface area (Å²) in [4.78, 5) is 28.8. The Morgan fingerprint density at radius 1 is 0.963 bits per heavy atom. The Morgan fingerprint density at radius 3 is 1.89 bits per heavy atom. The van der Waals surface area contributed by atoms with Crippen LogP contribution in [-0.2, 0) is 14.0 Å². The van der Waals surface area contributed by atoms with Gasteiger partial charge in [-0.15, -0.1) is 0 Å². The lowest BCUT2D eigenvalue weighted by Crippen LogP contribution is -2.56. The van der Waals surface area contributed by atoms with Gasteiger partial charge >= 0.3 is 5.97 Å². The van der Waals surface area contributed by atoms with Crippen molar-refractivity contribution in [3.8, 4) is 0 Å². The third-order valence-corrected chi connectivity index (χ3v) is 15.3. The maximum Gasteiger partial charge on any atom is 0.315 e. The first-order valence-corrected chi connectivity index (χ1v) is 16.1. The number of carbonyl (C=O) groups excluding carboxylic acids is 2. The Kier molecular flexibility index (Phi) is 9.46. The van der Waals surface area contributed by atoms with Crippen LogP contribution in [-0.4, -0.2) is 41.0 Å². The molecule has 0 heterocycles. The van der Waals surface area contributed by atoms with E-state index in [1.165, 1.54) is 0 Å². The molecule has 0 aliphatic rings. The molecule has 1 atom stereocenters. The van der Waals surface area contributed by atoms with Gasteiger partial charge in [-0.25, -0.2) is 0 Å². The van der Waals surface area contributed by atoms with Crippen molar-refractivity contribution in [3.63, 3.8) is 0 Å². The average molecular weight is 417 g/mol. The van der Waals surface area contributed by atoms with Gasteiger partial charge in [0.15, 0.2) is 0 Å². The summed E-state index contributed by atoms with van der Waals surface area (Å²) in [5.41, 5.74) is 0. The van der Waals surface area contributed by atoms with Crippen LogP contribution < -0.4 is 10.3 Å². The first kappa shape index (κ1) is 26.3. The van der Waals surface area contributed by atoms with Gasteiger partial charge in [-0.1, -0.05) is 74.4 Å². The summed E-state index contributed by atoms with van der Waals surface area (Å²) in [5.74, 6) is -0.413. The number of rotatable bonds is 9. The van der Waals surface area contributed by atoms with Gasteiger partial charge in [-0.3, -0.25) is 9.59 Å². The van der Waals surface area contributed by atoms with Gasteiger partial charge < -0.3 is 14.7 Å². The molecule has 1 unspecified atom stereocenters. The fourth-order valence-corrected chi connectivity index (χ4v) is 4.03. The van der Waals surface area contributed by atoms with E-state index in [4.69, 9.17) is 4.43 Å². The van der Waals surface area contributed by atoms with Crippen LogP contribution in [0.15, 0.2) is 0 Å². The lowest BCUT2D eigenvalue weighted by Gasteiger charge is -2.38. The fourth-order valence-electron chi connectivity index (χ4n) is 1.94. The Hall–Kier alpha value is -0.666. The molecule has 0 bridgehead atoms.